The molecule has 2 atom stereocenters. The minimum absolute atomic E-state index is 0.0219. The Kier molecular flexibility index (Phi) is 9.27. The number of nitrogens with zero attached hydrogens (tertiary/aromatic N) is 1. The van der Waals surface area contributed by atoms with Gasteiger partial charge in [0.2, 0.25) is 11.8 Å². The molecule has 0 fully saturated rings. The Hall–Kier alpha value is -3.60. The van der Waals surface area contributed by atoms with E-state index in [0.29, 0.717) is 13.0 Å². The summed E-state index contributed by atoms with van der Waals surface area (Å²) in [4.78, 5) is 28.9. The van der Waals surface area contributed by atoms with Crippen molar-refractivity contribution in [3.8, 4) is 5.75 Å². The third-order valence-corrected chi connectivity index (χ3v) is 5.96. The number of carbonyl (C=O) groups excluding carboxylic acids is 2. The van der Waals surface area contributed by atoms with E-state index in [4.69, 9.17) is 4.74 Å². The summed E-state index contributed by atoms with van der Waals surface area (Å²) in [5, 5.41) is 3.10. The molecule has 2 amide bonds. The van der Waals surface area contributed by atoms with Crippen LogP contribution >= 0.6 is 0 Å². The van der Waals surface area contributed by atoms with Crippen LogP contribution < -0.4 is 10.1 Å². The highest BCUT2D eigenvalue weighted by atomic mass is 16.5. The molecule has 0 aliphatic rings. The van der Waals surface area contributed by atoms with Gasteiger partial charge in [0.05, 0.1) is 13.5 Å². The van der Waals surface area contributed by atoms with Crippen molar-refractivity contribution in [1.82, 2.24) is 10.2 Å². The van der Waals surface area contributed by atoms with Gasteiger partial charge >= 0.3 is 0 Å². The fourth-order valence-corrected chi connectivity index (χ4v) is 3.83. The van der Waals surface area contributed by atoms with Crippen LogP contribution in [0.5, 0.6) is 5.75 Å². The van der Waals surface area contributed by atoms with Crippen LogP contribution in [0.1, 0.15) is 37.0 Å². The molecule has 0 radical (unpaired) electrons. The van der Waals surface area contributed by atoms with Gasteiger partial charge < -0.3 is 15.0 Å². The van der Waals surface area contributed by atoms with Gasteiger partial charge in [0.1, 0.15) is 11.8 Å². The molecule has 3 rings (SSSR count). The number of amides is 2. The number of ether oxygens (including phenoxy) is 1. The van der Waals surface area contributed by atoms with Crippen molar-refractivity contribution < 1.29 is 14.3 Å². The topological polar surface area (TPSA) is 58.6 Å². The Morgan fingerprint density at radius 3 is 2.12 bits per heavy atom. The molecule has 5 nitrogen and oxygen atoms in total. The Balaban J connectivity index is 1.97. The number of hydrogen-bond acceptors (Lipinski definition) is 3. The second-order valence-electron chi connectivity index (χ2n) is 8.56. The van der Waals surface area contributed by atoms with Gasteiger partial charge in [0.15, 0.2) is 0 Å². The first-order valence-corrected chi connectivity index (χ1v) is 11.8. The molecule has 0 unspecified atom stereocenters. The molecule has 1 N–H and O–H groups in total. The smallest absolute Gasteiger partial charge is 0.243 e. The highest BCUT2D eigenvalue weighted by Gasteiger charge is 2.31. The molecule has 0 bridgehead atoms. The molecule has 0 spiro atoms. The zero-order valence-corrected chi connectivity index (χ0v) is 20.2. The van der Waals surface area contributed by atoms with Crippen LogP contribution in [0.3, 0.4) is 0 Å². The number of hydrogen-bond donors (Lipinski definition) is 1. The predicted molar refractivity (Wildman–Crippen MR) is 136 cm³/mol. The standard InChI is InChI=1S/C29H34N2O3/c1-4-22(2)30-29(33)27(19-23-12-7-5-8-13-23)31(21-25-16-11-17-26(18-25)34-3)28(32)20-24-14-9-6-10-15-24/h5-18,22,27H,4,19-21H2,1-3H3,(H,30,33)/t22-,27-/m1/s1. The maximum atomic E-state index is 13.7. The van der Waals surface area contributed by atoms with Crippen LogP contribution in [0.15, 0.2) is 84.9 Å². The summed E-state index contributed by atoms with van der Waals surface area (Å²) in [6.45, 7) is 4.33. The van der Waals surface area contributed by atoms with Gasteiger partial charge in [-0.2, -0.15) is 0 Å². The Morgan fingerprint density at radius 1 is 0.882 bits per heavy atom. The number of methoxy groups -OCH3 is 1. The average molecular weight is 459 g/mol. The van der Waals surface area contributed by atoms with E-state index in [1.165, 1.54) is 0 Å². The monoisotopic (exact) mass is 458 g/mol. The van der Waals surface area contributed by atoms with E-state index in [-0.39, 0.29) is 24.3 Å². The van der Waals surface area contributed by atoms with Crippen LogP contribution in [-0.2, 0) is 29.0 Å². The molecule has 0 aliphatic heterocycles. The molecular formula is C29H34N2O3. The SMILES string of the molecule is CC[C@@H](C)NC(=O)[C@@H](Cc1ccccc1)N(Cc1cccc(OC)c1)C(=O)Cc1ccccc1. The summed E-state index contributed by atoms with van der Waals surface area (Å²) in [6.07, 6.45) is 1.48. The third-order valence-electron chi connectivity index (χ3n) is 5.96. The maximum Gasteiger partial charge on any atom is 0.243 e. The second-order valence-corrected chi connectivity index (χ2v) is 8.56. The van der Waals surface area contributed by atoms with Gasteiger partial charge in [-0.3, -0.25) is 9.59 Å². The van der Waals surface area contributed by atoms with Crippen LogP contribution in [0.4, 0.5) is 0 Å². The van der Waals surface area contributed by atoms with Crippen molar-refractivity contribution >= 4 is 11.8 Å². The molecule has 0 saturated carbocycles. The molecular weight excluding hydrogens is 424 g/mol. The van der Waals surface area contributed by atoms with Crippen molar-refractivity contribution in [2.45, 2.75) is 51.7 Å². The van der Waals surface area contributed by atoms with E-state index in [2.05, 4.69) is 5.32 Å². The van der Waals surface area contributed by atoms with Crippen LogP contribution in [-0.4, -0.2) is 35.9 Å². The summed E-state index contributed by atoms with van der Waals surface area (Å²) in [6, 6.07) is 26.5. The normalized spacial score (nSPS) is 12.4. The predicted octanol–water partition coefficient (Wildman–Crippen LogP) is 4.79. The average Bonchev–Trinajstić information content (AvgIpc) is 2.87. The highest BCUT2D eigenvalue weighted by Crippen LogP contribution is 2.19. The van der Waals surface area contributed by atoms with Crippen molar-refractivity contribution in [2.75, 3.05) is 7.11 Å². The van der Waals surface area contributed by atoms with E-state index in [9.17, 15) is 9.59 Å². The van der Waals surface area contributed by atoms with E-state index in [1.807, 2.05) is 98.8 Å². The molecule has 0 aliphatic carbocycles. The lowest BCUT2D eigenvalue weighted by Crippen LogP contribution is -2.52. The van der Waals surface area contributed by atoms with Crippen LogP contribution in [0.25, 0.3) is 0 Å². The van der Waals surface area contributed by atoms with Gasteiger partial charge in [-0.25, -0.2) is 0 Å². The third kappa shape index (κ3) is 7.20. The molecule has 34 heavy (non-hydrogen) atoms. The molecule has 3 aromatic rings. The number of benzene rings is 3. The van der Waals surface area contributed by atoms with E-state index in [1.54, 1.807) is 12.0 Å². The Morgan fingerprint density at radius 2 is 1.50 bits per heavy atom. The zero-order chi connectivity index (χ0) is 24.3. The first kappa shape index (κ1) is 25.0. The lowest BCUT2D eigenvalue weighted by Gasteiger charge is -2.32. The van der Waals surface area contributed by atoms with Gasteiger partial charge in [-0.15, -0.1) is 0 Å². The summed E-state index contributed by atoms with van der Waals surface area (Å²) < 4.78 is 5.38. The highest BCUT2D eigenvalue weighted by molar-refractivity contribution is 5.89. The molecule has 5 heteroatoms. The number of nitrogens with one attached hydrogen (secondary N) is 1. The van der Waals surface area contributed by atoms with Crippen molar-refractivity contribution in [1.29, 1.82) is 0 Å². The lowest BCUT2D eigenvalue weighted by atomic mass is 10.0. The van der Waals surface area contributed by atoms with E-state index in [0.717, 1.165) is 28.9 Å². The van der Waals surface area contributed by atoms with Gasteiger partial charge in [-0.1, -0.05) is 79.7 Å². The molecule has 3 aromatic carbocycles. The van der Waals surface area contributed by atoms with Crippen LogP contribution in [0, 0.1) is 0 Å². The van der Waals surface area contributed by atoms with E-state index < -0.39 is 6.04 Å². The van der Waals surface area contributed by atoms with E-state index >= 15 is 0 Å². The lowest BCUT2D eigenvalue weighted by molar-refractivity contribution is -0.141. The molecule has 0 saturated heterocycles. The van der Waals surface area contributed by atoms with Gasteiger partial charge in [0.25, 0.3) is 0 Å². The first-order valence-electron chi connectivity index (χ1n) is 11.8. The molecule has 0 aromatic heterocycles. The van der Waals surface area contributed by atoms with Crippen LogP contribution in [0.2, 0.25) is 0 Å². The number of carbonyl (C=O) groups is 2. The minimum Gasteiger partial charge on any atom is -0.497 e. The van der Waals surface area contributed by atoms with Gasteiger partial charge in [0, 0.05) is 19.0 Å². The summed E-state index contributed by atoms with van der Waals surface area (Å²) >= 11 is 0. The Bertz CT molecular complexity index is 1050. The summed E-state index contributed by atoms with van der Waals surface area (Å²) in [7, 11) is 1.62. The summed E-state index contributed by atoms with van der Waals surface area (Å²) in [5.41, 5.74) is 2.84. The fourth-order valence-electron chi connectivity index (χ4n) is 3.83. The fraction of sp³-hybridized carbons (Fsp3) is 0.310. The molecule has 178 valence electrons. The second kappa shape index (κ2) is 12.6. The minimum atomic E-state index is -0.640. The first-order chi connectivity index (χ1) is 16.5. The van der Waals surface area contributed by atoms with Crippen molar-refractivity contribution in [3.63, 3.8) is 0 Å². The van der Waals surface area contributed by atoms with Gasteiger partial charge in [-0.05, 0) is 42.2 Å². The Labute approximate surface area is 202 Å². The largest absolute Gasteiger partial charge is 0.497 e. The quantitative estimate of drug-likeness (QED) is 0.449. The zero-order valence-electron chi connectivity index (χ0n) is 20.2. The molecule has 0 heterocycles. The maximum absolute atomic E-state index is 13.7. The summed E-state index contributed by atoms with van der Waals surface area (Å²) in [5.74, 6) is 0.494. The van der Waals surface area contributed by atoms with Crippen molar-refractivity contribution in [3.05, 3.63) is 102 Å². The number of rotatable bonds is 11. The van der Waals surface area contributed by atoms with Crippen molar-refractivity contribution in [2.24, 2.45) is 0 Å².